The van der Waals surface area contributed by atoms with Crippen LogP contribution < -0.4 is 0 Å². The Morgan fingerprint density at radius 2 is 1.78 bits per heavy atom. The molecule has 2 heterocycles. The summed E-state index contributed by atoms with van der Waals surface area (Å²) < 4.78 is 5.17. The van der Waals surface area contributed by atoms with E-state index in [9.17, 15) is 14.4 Å². The molecule has 0 radical (unpaired) electrons. The number of carbonyl (C=O) groups excluding carboxylic acids is 3. The van der Waals surface area contributed by atoms with Crippen LogP contribution in [0.2, 0.25) is 0 Å². The van der Waals surface area contributed by atoms with Crippen LogP contribution in [0.3, 0.4) is 0 Å². The van der Waals surface area contributed by atoms with Crippen LogP contribution >= 0.6 is 11.6 Å². The number of rotatable bonds is 7. The summed E-state index contributed by atoms with van der Waals surface area (Å²) in [5, 5.41) is 0. The number of halogens is 1. The molecule has 124 valence electrons. The van der Waals surface area contributed by atoms with E-state index in [2.05, 4.69) is 0 Å². The van der Waals surface area contributed by atoms with Gasteiger partial charge in [-0.1, -0.05) is 13.3 Å². The Labute approximate surface area is 139 Å². The summed E-state index contributed by atoms with van der Waals surface area (Å²) in [5.41, 5.74) is -0.0646. The van der Waals surface area contributed by atoms with Crippen molar-refractivity contribution in [1.82, 2.24) is 9.80 Å². The Balaban J connectivity index is 2.34. The van der Waals surface area contributed by atoms with Crippen molar-refractivity contribution >= 4 is 35.5 Å². The Hall–Kier alpha value is -2.08. The van der Waals surface area contributed by atoms with Crippen molar-refractivity contribution in [3.63, 3.8) is 0 Å². The predicted molar refractivity (Wildman–Crippen MR) is 85.8 cm³/mol. The van der Waals surface area contributed by atoms with Crippen molar-refractivity contribution in [2.24, 2.45) is 0 Å². The molecule has 4 amide bonds. The van der Waals surface area contributed by atoms with Gasteiger partial charge in [-0.05, 0) is 31.1 Å². The maximum atomic E-state index is 12.5. The van der Waals surface area contributed by atoms with Crippen molar-refractivity contribution in [2.75, 3.05) is 19.0 Å². The number of imide groups is 2. The van der Waals surface area contributed by atoms with Crippen molar-refractivity contribution in [2.45, 2.75) is 26.2 Å². The van der Waals surface area contributed by atoms with Crippen LogP contribution in [0.15, 0.2) is 28.4 Å². The molecule has 1 aliphatic heterocycles. The van der Waals surface area contributed by atoms with Gasteiger partial charge in [0, 0.05) is 19.0 Å². The van der Waals surface area contributed by atoms with Gasteiger partial charge in [-0.3, -0.25) is 19.4 Å². The molecule has 0 atom stereocenters. The van der Waals surface area contributed by atoms with Crippen molar-refractivity contribution < 1.29 is 18.8 Å². The first-order chi connectivity index (χ1) is 11.1. The minimum Gasteiger partial charge on any atom is -0.465 e. The maximum Gasteiger partial charge on any atom is 0.333 e. The number of carbonyl (C=O) groups is 3. The van der Waals surface area contributed by atoms with Gasteiger partial charge in [0.2, 0.25) is 0 Å². The summed E-state index contributed by atoms with van der Waals surface area (Å²) in [7, 11) is 0. The van der Waals surface area contributed by atoms with Crippen LogP contribution in [-0.4, -0.2) is 46.6 Å². The fourth-order valence-corrected chi connectivity index (χ4v) is 2.39. The molecular formula is C16H19ClN2O4. The molecule has 0 bridgehead atoms. The standard InChI is InChI=1S/C16H19ClN2O4/c1-2-3-8-18-14(20)13(11-12-6-4-10-23-12)15(21)19(16(18)22)9-5-7-17/h4,6,10-11H,2-3,5,7-9H2,1H3/b13-11-. The molecule has 1 aromatic heterocycles. The zero-order valence-electron chi connectivity index (χ0n) is 13.0. The summed E-state index contributed by atoms with van der Waals surface area (Å²) in [6, 6.07) is 2.73. The molecule has 7 heteroatoms. The van der Waals surface area contributed by atoms with Gasteiger partial charge >= 0.3 is 6.03 Å². The van der Waals surface area contributed by atoms with Crippen molar-refractivity contribution in [3.05, 3.63) is 29.7 Å². The second kappa shape index (κ2) is 7.97. The highest BCUT2D eigenvalue weighted by molar-refractivity contribution is 6.30. The zero-order chi connectivity index (χ0) is 16.8. The smallest absolute Gasteiger partial charge is 0.333 e. The number of amides is 4. The third-order valence-electron chi connectivity index (χ3n) is 3.49. The third-order valence-corrected chi connectivity index (χ3v) is 3.76. The SMILES string of the molecule is CCCCN1C(=O)/C(=C/c2ccco2)C(=O)N(CCCCl)C1=O. The molecule has 2 rings (SSSR count). The first-order valence-electron chi connectivity index (χ1n) is 7.59. The monoisotopic (exact) mass is 338 g/mol. The first-order valence-corrected chi connectivity index (χ1v) is 8.12. The van der Waals surface area contributed by atoms with E-state index in [1.165, 1.54) is 12.3 Å². The number of hydrogen-bond acceptors (Lipinski definition) is 4. The van der Waals surface area contributed by atoms with E-state index in [4.69, 9.17) is 16.0 Å². The average molecular weight is 339 g/mol. The van der Waals surface area contributed by atoms with Crippen LogP contribution in [0.4, 0.5) is 4.79 Å². The molecule has 0 unspecified atom stereocenters. The van der Waals surface area contributed by atoms with Gasteiger partial charge in [0.1, 0.15) is 11.3 Å². The van der Waals surface area contributed by atoms with Crippen molar-refractivity contribution in [3.8, 4) is 0 Å². The number of nitrogens with zero attached hydrogens (tertiary/aromatic N) is 2. The van der Waals surface area contributed by atoms with Gasteiger partial charge in [0.05, 0.1) is 6.26 Å². The second-order valence-corrected chi connectivity index (χ2v) is 5.54. The number of urea groups is 1. The summed E-state index contributed by atoms with van der Waals surface area (Å²) >= 11 is 5.66. The van der Waals surface area contributed by atoms with E-state index in [1.54, 1.807) is 12.1 Å². The molecule has 23 heavy (non-hydrogen) atoms. The van der Waals surface area contributed by atoms with Gasteiger partial charge in [-0.25, -0.2) is 4.79 Å². The van der Waals surface area contributed by atoms with Crippen LogP contribution in [0.1, 0.15) is 31.9 Å². The van der Waals surface area contributed by atoms with Gasteiger partial charge in [0.15, 0.2) is 0 Å². The minimum absolute atomic E-state index is 0.0646. The largest absolute Gasteiger partial charge is 0.465 e. The molecule has 0 saturated carbocycles. The number of furan rings is 1. The fourth-order valence-electron chi connectivity index (χ4n) is 2.27. The number of unbranched alkanes of at least 4 members (excludes halogenated alkanes) is 1. The maximum absolute atomic E-state index is 12.5. The van der Waals surface area contributed by atoms with E-state index >= 15 is 0 Å². The third kappa shape index (κ3) is 3.82. The van der Waals surface area contributed by atoms with E-state index in [0.29, 0.717) is 24.5 Å². The Kier molecular flexibility index (Phi) is 5.98. The molecule has 1 fully saturated rings. The molecule has 1 aliphatic rings. The highest BCUT2D eigenvalue weighted by atomic mass is 35.5. The van der Waals surface area contributed by atoms with E-state index in [1.807, 2.05) is 6.92 Å². The summed E-state index contributed by atoms with van der Waals surface area (Å²) in [6.07, 6.45) is 4.83. The van der Waals surface area contributed by atoms with E-state index in [0.717, 1.165) is 16.2 Å². The lowest BCUT2D eigenvalue weighted by Gasteiger charge is -2.33. The lowest BCUT2D eigenvalue weighted by Crippen LogP contribution is -2.56. The van der Waals surface area contributed by atoms with E-state index < -0.39 is 17.8 Å². The summed E-state index contributed by atoms with van der Waals surface area (Å²) in [5.74, 6) is -0.456. The van der Waals surface area contributed by atoms with Crippen LogP contribution in [0.5, 0.6) is 0 Å². The van der Waals surface area contributed by atoms with Gasteiger partial charge in [-0.15, -0.1) is 11.6 Å². The van der Waals surface area contributed by atoms with Gasteiger partial charge in [0.25, 0.3) is 11.8 Å². The first kappa shape index (κ1) is 17.3. The molecule has 0 spiro atoms. The summed E-state index contributed by atoms with van der Waals surface area (Å²) in [4.78, 5) is 39.6. The number of hydrogen-bond donors (Lipinski definition) is 0. The normalized spacial score (nSPS) is 17.5. The minimum atomic E-state index is -0.603. The van der Waals surface area contributed by atoms with Crippen LogP contribution in [-0.2, 0) is 9.59 Å². The molecule has 0 N–H and O–H groups in total. The lowest BCUT2D eigenvalue weighted by atomic mass is 10.1. The highest BCUT2D eigenvalue weighted by Crippen LogP contribution is 2.21. The topological polar surface area (TPSA) is 70.8 Å². The predicted octanol–water partition coefficient (Wildman–Crippen LogP) is 2.88. The zero-order valence-corrected chi connectivity index (χ0v) is 13.7. The van der Waals surface area contributed by atoms with Crippen LogP contribution in [0, 0.1) is 0 Å². The quantitative estimate of drug-likeness (QED) is 0.435. The number of alkyl halides is 1. The molecule has 6 nitrogen and oxygen atoms in total. The van der Waals surface area contributed by atoms with E-state index in [-0.39, 0.29) is 18.7 Å². The Morgan fingerprint density at radius 1 is 1.13 bits per heavy atom. The average Bonchev–Trinajstić information content (AvgIpc) is 3.04. The van der Waals surface area contributed by atoms with Gasteiger partial charge in [-0.2, -0.15) is 0 Å². The molecule has 0 aliphatic carbocycles. The fraction of sp³-hybridized carbons (Fsp3) is 0.438. The Morgan fingerprint density at radius 3 is 2.30 bits per heavy atom. The highest BCUT2D eigenvalue weighted by Gasteiger charge is 2.41. The number of barbiturate groups is 1. The second-order valence-electron chi connectivity index (χ2n) is 5.17. The Bertz CT molecular complexity index is 578. The summed E-state index contributed by atoms with van der Waals surface area (Å²) in [6.45, 7) is 2.44. The van der Waals surface area contributed by atoms with Crippen molar-refractivity contribution in [1.29, 1.82) is 0 Å². The molecule has 0 aromatic carbocycles. The molecule has 1 saturated heterocycles. The molecular weight excluding hydrogens is 320 g/mol. The van der Waals surface area contributed by atoms with Crippen LogP contribution in [0.25, 0.3) is 6.08 Å². The molecule has 1 aromatic rings. The van der Waals surface area contributed by atoms with Gasteiger partial charge < -0.3 is 4.42 Å². The lowest BCUT2D eigenvalue weighted by molar-refractivity contribution is -0.135.